The van der Waals surface area contributed by atoms with Crippen molar-refractivity contribution in [1.29, 1.82) is 0 Å². The van der Waals surface area contributed by atoms with Gasteiger partial charge in [0.15, 0.2) is 0 Å². The Morgan fingerprint density at radius 3 is 3.25 bits per heavy atom. The summed E-state index contributed by atoms with van der Waals surface area (Å²) in [5.41, 5.74) is 0.129. The van der Waals surface area contributed by atoms with E-state index < -0.39 is 19.6 Å². The number of hydrogen-bond acceptors (Lipinski definition) is 3. The van der Waals surface area contributed by atoms with E-state index in [0.717, 1.165) is 0 Å². The first kappa shape index (κ1) is 4.84. The van der Waals surface area contributed by atoms with Crippen molar-refractivity contribution >= 4 is 0 Å². The predicted octanol–water partition coefficient (Wildman–Crippen LogP) is 0.645. The van der Waals surface area contributed by atoms with Crippen LogP contribution >= 0.6 is 0 Å². The number of phenols is 1. The van der Waals surface area contributed by atoms with Gasteiger partial charge >= 0.3 is 0 Å². The number of likely N-dealkylation sites (N-methyl/N-ethyl adjacent to an activating group) is 1. The molecule has 66 valence electrons. The van der Waals surface area contributed by atoms with Gasteiger partial charge in [0.2, 0.25) is 0 Å². The van der Waals surface area contributed by atoms with Crippen LogP contribution in [0.2, 0.25) is 0 Å². The molecule has 0 fully saturated rings. The molecule has 3 nitrogen and oxygen atoms in total. The fraction of sp³-hybridized carbons (Fsp3) is 0.333. The summed E-state index contributed by atoms with van der Waals surface area (Å²) >= 11 is 0. The lowest BCUT2D eigenvalue weighted by molar-refractivity contribution is 0.177. The molecule has 0 saturated heterocycles. The molecule has 0 spiro atoms. The maximum atomic E-state index is 9.72. The van der Waals surface area contributed by atoms with Crippen LogP contribution in [0.5, 0.6) is 5.75 Å². The molecule has 0 aliphatic carbocycles. The van der Waals surface area contributed by atoms with Crippen LogP contribution < -0.4 is 5.32 Å². The molecule has 1 rings (SSSR count). The maximum absolute atomic E-state index is 9.72. The first-order valence-corrected chi connectivity index (χ1v) is 3.48. The van der Waals surface area contributed by atoms with Gasteiger partial charge in [-0.1, -0.05) is 12.1 Å². The molecule has 1 unspecified atom stereocenters. The maximum Gasteiger partial charge on any atom is 0.115 e. The van der Waals surface area contributed by atoms with E-state index in [4.69, 9.17) is 5.48 Å². The minimum absolute atomic E-state index is 0.0861. The van der Waals surface area contributed by atoms with Crippen LogP contribution in [0.25, 0.3) is 0 Å². The largest absolute Gasteiger partial charge is 0.508 e. The second-order valence-corrected chi connectivity index (χ2v) is 2.35. The predicted molar refractivity (Wildman–Crippen MR) is 47.0 cm³/mol. The summed E-state index contributed by atoms with van der Waals surface area (Å²) < 4.78 is 28.3. The number of hydrogen-bond donors (Lipinski definition) is 3. The third kappa shape index (κ3) is 2.22. The van der Waals surface area contributed by atoms with Crippen LogP contribution in [0.1, 0.15) is 17.1 Å². The molecule has 1 aromatic carbocycles. The third-order valence-corrected chi connectivity index (χ3v) is 1.44. The molecule has 3 heteroatoms. The Kier molecular flexibility index (Phi) is 1.65. The molecule has 0 radical (unpaired) electrons. The third-order valence-electron chi connectivity index (χ3n) is 1.44. The highest BCUT2D eigenvalue weighted by molar-refractivity contribution is 5.28. The first-order valence-electron chi connectivity index (χ1n) is 5.48. The van der Waals surface area contributed by atoms with E-state index in [9.17, 15) is 10.2 Å². The molecule has 0 aromatic heterocycles. The van der Waals surface area contributed by atoms with Crippen molar-refractivity contribution in [2.24, 2.45) is 0 Å². The van der Waals surface area contributed by atoms with Crippen molar-refractivity contribution in [1.82, 2.24) is 5.32 Å². The molecule has 12 heavy (non-hydrogen) atoms. The molecule has 1 atom stereocenters. The zero-order valence-electron chi connectivity index (χ0n) is 10.4. The second kappa shape index (κ2) is 4.09. The summed E-state index contributed by atoms with van der Waals surface area (Å²) in [6.07, 6.45) is -2.09. The molecule has 3 N–H and O–H groups in total. The number of aliphatic hydroxyl groups is 1. The average molecular weight is 171 g/mol. The van der Waals surface area contributed by atoms with Crippen molar-refractivity contribution in [3.63, 3.8) is 0 Å². The second-order valence-electron chi connectivity index (χ2n) is 2.35. The summed E-state index contributed by atoms with van der Waals surface area (Å²) in [7, 11) is 0. The molecule has 0 saturated carbocycles. The van der Waals surface area contributed by atoms with E-state index in [0.29, 0.717) is 0 Å². The van der Waals surface area contributed by atoms with E-state index in [1.165, 1.54) is 24.3 Å². The smallest absolute Gasteiger partial charge is 0.115 e. The molecule has 0 heterocycles. The molecule has 0 amide bonds. The molecule has 0 aliphatic rings. The number of rotatable bonds is 3. The standard InChI is InChI=1S/C9H13NO2/c1-10-6-9(12)7-3-2-4-8(11)5-7/h2-5,9-12H,6H2,1H3/i1D3,9D. The zero-order chi connectivity index (χ0) is 12.4. The van der Waals surface area contributed by atoms with Gasteiger partial charge in [-0.05, 0) is 24.7 Å². The lowest BCUT2D eigenvalue weighted by Gasteiger charge is -2.09. The van der Waals surface area contributed by atoms with Gasteiger partial charge in [-0.15, -0.1) is 0 Å². The Hall–Kier alpha value is -1.06. The molecule has 1 aromatic rings. The molecule has 0 bridgehead atoms. The number of benzene rings is 1. The molecule has 0 aliphatic heterocycles. The minimum Gasteiger partial charge on any atom is -0.508 e. The summed E-state index contributed by atoms with van der Waals surface area (Å²) in [6.45, 7) is -2.86. The Morgan fingerprint density at radius 1 is 1.75 bits per heavy atom. The highest BCUT2D eigenvalue weighted by Gasteiger charge is 2.05. The number of aromatic hydroxyl groups is 1. The van der Waals surface area contributed by atoms with Gasteiger partial charge in [0.05, 0.1) is 7.45 Å². The van der Waals surface area contributed by atoms with Crippen molar-refractivity contribution in [3.8, 4) is 5.75 Å². The van der Waals surface area contributed by atoms with Gasteiger partial charge in [0.25, 0.3) is 0 Å². The van der Waals surface area contributed by atoms with Crippen molar-refractivity contribution < 1.29 is 15.7 Å². The fourth-order valence-corrected chi connectivity index (χ4v) is 0.871. The van der Waals surface area contributed by atoms with Crippen LogP contribution in [0.4, 0.5) is 0 Å². The van der Waals surface area contributed by atoms with Crippen LogP contribution in [0, 0.1) is 0 Å². The summed E-state index contributed by atoms with van der Waals surface area (Å²) in [4.78, 5) is 0. The highest BCUT2D eigenvalue weighted by atomic mass is 16.3. The van der Waals surface area contributed by atoms with Crippen LogP contribution in [-0.2, 0) is 0 Å². The molecular formula is C9H13NO2. The summed E-state index contributed by atoms with van der Waals surface area (Å²) in [5.74, 6) is -0.0861. The van der Waals surface area contributed by atoms with Crippen molar-refractivity contribution in [2.75, 3.05) is 13.5 Å². The van der Waals surface area contributed by atoms with Gasteiger partial charge in [0.1, 0.15) is 5.75 Å². The van der Waals surface area contributed by atoms with Crippen LogP contribution in [0.15, 0.2) is 24.3 Å². The monoisotopic (exact) mass is 171 g/mol. The van der Waals surface area contributed by atoms with E-state index in [2.05, 4.69) is 5.32 Å². The first-order chi connectivity index (χ1) is 7.21. The van der Waals surface area contributed by atoms with E-state index >= 15 is 0 Å². The SMILES string of the molecule is [2H]C([2H])([2H])NCC([2H])(O)c1cccc(O)c1. The van der Waals surface area contributed by atoms with Gasteiger partial charge in [-0.25, -0.2) is 0 Å². The van der Waals surface area contributed by atoms with E-state index in [1.807, 2.05) is 0 Å². The van der Waals surface area contributed by atoms with Gasteiger partial charge < -0.3 is 15.5 Å². The lowest BCUT2D eigenvalue weighted by atomic mass is 10.1. The Bertz CT molecular complexity index is 365. The summed E-state index contributed by atoms with van der Waals surface area (Å²) in [6, 6.07) is 5.53. The quantitative estimate of drug-likeness (QED) is 0.625. The van der Waals surface area contributed by atoms with Crippen molar-refractivity contribution in [2.45, 2.75) is 6.08 Å². The van der Waals surface area contributed by atoms with Gasteiger partial charge in [-0.2, -0.15) is 0 Å². The normalized spacial score (nSPS) is 21.4. The molecular weight excluding hydrogens is 154 g/mol. The Balaban J connectivity index is 2.77. The Morgan fingerprint density at radius 2 is 2.58 bits per heavy atom. The average Bonchev–Trinajstić information content (AvgIpc) is 2.14. The van der Waals surface area contributed by atoms with Crippen LogP contribution in [0.3, 0.4) is 0 Å². The zero-order valence-corrected chi connectivity index (χ0v) is 6.41. The fourth-order valence-electron chi connectivity index (χ4n) is 0.871. The topological polar surface area (TPSA) is 52.5 Å². The number of nitrogens with one attached hydrogen (secondary N) is 1. The highest BCUT2D eigenvalue weighted by Crippen LogP contribution is 2.17. The van der Waals surface area contributed by atoms with Gasteiger partial charge in [0, 0.05) is 10.7 Å². The lowest BCUT2D eigenvalue weighted by Crippen LogP contribution is -2.16. The van der Waals surface area contributed by atoms with E-state index in [1.54, 1.807) is 0 Å². The van der Waals surface area contributed by atoms with Crippen LogP contribution in [-0.4, -0.2) is 23.7 Å². The van der Waals surface area contributed by atoms with Crippen molar-refractivity contribution in [3.05, 3.63) is 29.8 Å². The number of phenolic OH excluding ortho intramolecular Hbond substituents is 1. The Labute approximate surface area is 77.3 Å². The van der Waals surface area contributed by atoms with Gasteiger partial charge in [-0.3, -0.25) is 0 Å². The minimum atomic E-state index is -2.41. The summed E-state index contributed by atoms with van der Waals surface area (Å²) in [5, 5.41) is 21.0. The van der Waals surface area contributed by atoms with E-state index in [-0.39, 0.29) is 11.3 Å².